The topological polar surface area (TPSA) is 37.8 Å². The van der Waals surface area contributed by atoms with E-state index in [1.165, 1.54) is 32.7 Å². The Morgan fingerprint density at radius 3 is 2.71 bits per heavy atom. The third kappa shape index (κ3) is 2.82. The number of rotatable bonds is 5. The number of aryl methyl sites for hydroxylation is 1. The van der Waals surface area contributed by atoms with E-state index in [9.17, 15) is 0 Å². The molecule has 3 nitrogen and oxygen atoms in total. The smallest absolute Gasteiger partial charge is 0.0807 e. The summed E-state index contributed by atoms with van der Waals surface area (Å²) >= 11 is 1.50. The monoisotopic (exact) mass is 297 g/mol. The maximum absolute atomic E-state index is 4.29. The minimum absolute atomic E-state index is 0.163. The number of benzene rings is 2. The van der Waals surface area contributed by atoms with Gasteiger partial charge in [-0.25, -0.2) is 0 Å². The van der Waals surface area contributed by atoms with E-state index >= 15 is 0 Å². The third-order valence-electron chi connectivity index (χ3n) is 3.73. The quantitative estimate of drug-likeness (QED) is 0.775. The highest BCUT2D eigenvalue weighted by Gasteiger charge is 2.19. The fourth-order valence-corrected chi connectivity index (χ4v) is 3.52. The summed E-state index contributed by atoms with van der Waals surface area (Å²) in [6.07, 6.45) is 2.07. The first-order chi connectivity index (χ1) is 10.3. The van der Waals surface area contributed by atoms with Crippen LogP contribution in [0.4, 0.5) is 0 Å². The van der Waals surface area contributed by atoms with Crippen LogP contribution in [0.3, 0.4) is 0 Å². The van der Waals surface area contributed by atoms with E-state index in [1.807, 2.05) is 7.05 Å². The molecule has 0 fully saturated rings. The minimum atomic E-state index is 0.163. The van der Waals surface area contributed by atoms with E-state index in [0.29, 0.717) is 0 Å². The van der Waals surface area contributed by atoms with Crippen LogP contribution in [-0.2, 0) is 6.42 Å². The minimum Gasteiger partial charge on any atom is -0.309 e. The van der Waals surface area contributed by atoms with Crippen LogP contribution in [0.5, 0.6) is 0 Å². The molecule has 3 rings (SSSR count). The normalized spacial score (nSPS) is 12.7. The number of hydrogen-bond donors (Lipinski definition) is 1. The Morgan fingerprint density at radius 1 is 1.14 bits per heavy atom. The Labute approximate surface area is 129 Å². The second-order valence-electron chi connectivity index (χ2n) is 5.16. The van der Waals surface area contributed by atoms with Gasteiger partial charge in [0.2, 0.25) is 0 Å². The Balaban J connectivity index is 2.03. The second-order valence-corrected chi connectivity index (χ2v) is 5.95. The van der Waals surface area contributed by atoms with Gasteiger partial charge in [0, 0.05) is 0 Å². The lowest BCUT2D eigenvalue weighted by molar-refractivity contribution is 0.689. The summed E-state index contributed by atoms with van der Waals surface area (Å²) < 4.78 is 4.15. The second kappa shape index (κ2) is 6.33. The van der Waals surface area contributed by atoms with Crippen LogP contribution in [0.1, 0.15) is 35.5 Å². The van der Waals surface area contributed by atoms with Gasteiger partial charge >= 0.3 is 0 Å². The fraction of sp³-hybridized carbons (Fsp3) is 0.294. The molecule has 1 atom stereocenters. The third-order valence-corrected chi connectivity index (χ3v) is 4.56. The average molecular weight is 297 g/mol. The van der Waals surface area contributed by atoms with Gasteiger partial charge in [0.25, 0.3) is 0 Å². The molecular formula is C17H19N3S. The van der Waals surface area contributed by atoms with E-state index in [1.54, 1.807) is 0 Å². The van der Waals surface area contributed by atoms with E-state index < -0.39 is 0 Å². The van der Waals surface area contributed by atoms with Crippen LogP contribution in [0, 0.1) is 0 Å². The molecule has 0 aliphatic carbocycles. The van der Waals surface area contributed by atoms with Crippen LogP contribution in [0.25, 0.3) is 10.8 Å². The molecule has 108 valence electrons. The Morgan fingerprint density at radius 2 is 1.95 bits per heavy atom. The van der Waals surface area contributed by atoms with Crippen molar-refractivity contribution in [2.75, 3.05) is 7.05 Å². The maximum atomic E-state index is 4.29. The van der Waals surface area contributed by atoms with Crippen molar-refractivity contribution in [2.45, 2.75) is 25.8 Å². The standard InChI is InChI=1S/C17H19N3S/c1-3-6-15-17(21-20-19-15)16(18-2)14-10-9-12-7-4-5-8-13(12)11-14/h4-5,7-11,16,18H,3,6H2,1-2H3. The molecule has 21 heavy (non-hydrogen) atoms. The average Bonchev–Trinajstić information content (AvgIpc) is 2.97. The molecule has 0 amide bonds. The van der Waals surface area contributed by atoms with E-state index in [0.717, 1.165) is 18.5 Å². The van der Waals surface area contributed by atoms with Crippen LogP contribution in [-0.4, -0.2) is 16.6 Å². The molecule has 1 unspecified atom stereocenters. The zero-order valence-electron chi connectivity index (χ0n) is 12.3. The van der Waals surface area contributed by atoms with Crippen LogP contribution in [0.15, 0.2) is 42.5 Å². The zero-order chi connectivity index (χ0) is 14.7. The molecule has 1 heterocycles. The molecule has 3 aromatic rings. The molecule has 1 aromatic heterocycles. The molecule has 0 saturated heterocycles. The SMILES string of the molecule is CCCc1nnsc1C(NC)c1ccc2ccccc2c1. The molecule has 0 radical (unpaired) electrons. The highest BCUT2D eigenvalue weighted by molar-refractivity contribution is 7.05. The highest BCUT2D eigenvalue weighted by Crippen LogP contribution is 2.29. The van der Waals surface area contributed by atoms with Crippen LogP contribution >= 0.6 is 11.5 Å². The highest BCUT2D eigenvalue weighted by atomic mass is 32.1. The lowest BCUT2D eigenvalue weighted by atomic mass is 9.99. The summed E-state index contributed by atoms with van der Waals surface area (Å²) in [5.74, 6) is 0. The molecular weight excluding hydrogens is 278 g/mol. The Kier molecular flexibility index (Phi) is 4.27. The predicted molar refractivity (Wildman–Crippen MR) is 88.8 cm³/mol. The molecule has 2 aromatic carbocycles. The number of nitrogens with zero attached hydrogens (tertiary/aromatic N) is 2. The molecule has 0 aliphatic heterocycles. The number of fused-ring (bicyclic) bond motifs is 1. The molecule has 0 bridgehead atoms. The fourth-order valence-electron chi connectivity index (χ4n) is 2.68. The van der Waals surface area contributed by atoms with Gasteiger partial charge in [-0.2, -0.15) is 0 Å². The van der Waals surface area contributed by atoms with Crippen LogP contribution in [0.2, 0.25) is 0 Å². The van der Waals surface area contributed by atoms with Crippen molar-refractivity contribution in [1.82, 2.24) is 14.9 Å². The van der Waals surface area contributed by atoms with Crippen molar-refractivity contribution in [3.63, 3.8) is 0 Å². The molecule has 1 N–H and O–H groups in total. The summed E-state index contributed by atoms with van der Waals surface area (Å²) in [7, 11) is 2.00. The van der Waals surface area contributed by atoms with Gasteiger partial charge in [-0.05, 0) is 47.4 Å². The molecule has 0 spiro atoms. The van der Waals surface area contributed by atoms with Crippen molar-refractivity contribution in [3.8, 4) is 0 Å². The van der Waals surface area contributed by atoms with Crippen molar-refractivity contribution < 1.29 is 0 Å². The zero-order valence-corrected chi connectivity index (χ0v) is 13.2. The van der Waals surface area contributed by atoms with Gasteiger partial charge in [0.1, 0.15) is 0 Å². The first-order valence-corrected chi connectivity index (χ1v) is 8.08. The number of hydrogen-bond acceptors (Lipinski definition) is 4. The molecule has 4 heteroatoms. The van der Waals surface area contributed by atoms with Gasteiger partial charge in [-0.15, -0.1) is 5.10 Å². The summed E-state index contributed by atoms with van der Waals surface area (Å²) in [5.41, 5.74) is 2.38. The summed E-state index contributed by atoms with van der Waals surface area (Å²) in [5, 5.41) is 10.2. The van der Waals surface area contributed by atoms with E-state index in [2.05, 4.69) is 64.3 Å². The van der Waals surface area contributed by atoms with Crippen molar-refractivity contribution in [2.24, 2.45) is 0 Å². The van der Waals surface area contributed by atoms with Crippen molar-refractivity contribution in [1.29, 1.82) is 0 Å². The maximum Gasteiger partial charge on any atom is 0.0807 e. The first-order valence-electron chi connectivity index (χ1n) is 7.30. The summed E-state index contributed by atoms with van der Waals surface area (Å²) in [4.78, 5) is 1.23. The lowest BCUT2D eigenvalue weighted by Crippen LogP contribution is -2.18. The first kappa shape index (κ1) is 14.2. The van der Waals surface area contributed by atoms with Gasteiger partial charge in [-0.1, -0.05) is 54.2 Å². The van der Waals surface area contributed by atoms with E-state index in [4.69, 9.17) is 0 Å². The number of nitrogens with one attached hydrogen (secondary N) is 1. The van der Waals surface area contributed by atoms with Gasteiger partial charge in [-0.3, -0.25) is 0 Å². The summed E-state index contributed by atoms with van der Waals surface area (Å²) in [6, 6.07) is 15.2. The van der Waals surface area contributed by atoms with Gasteiger partial charge in [0.15, 0.2) is 0 Å². The molecule has 0 saturated carbocycles. The van der Waals surface area contributed by atoms with Crippen molar-refractivity contribution in [3.05, 3.63) is 58.6 Å². The summed E-state index contributed by atoms with van der Waals surface area (Å²) in [6.45, 7) is 2.17. The lowest BCUT2D eigenvalue weighted by Gasteiger charge is -2.16. The van der Waals surface area contributed by atoms with Crippen molar-refractivity contribution >= 4 is 22.3 Å². The van der Waals surface area contributed by atoms with Gasteiger partial charge < -0.3 is 5.32 Å². The van der Waals surface area contributed by atoms with Crippen LogP contribution < -0.4 is 5.32 Å². The molecule has 0 aliphatic rings. The van der Waals surface area contributed by atoms with Gasteiger partial charge in [0.05, 0.1) is 16.6 Å². The van der Waals surface area contributed by atoms with E-state index in [-0.39, 0.29) is 6.04 Å². The number of aromatic nitrogens is 2. The Bertz CT molecular complexity index is 735. The predicted octanol–water partition coefficient (Wildman–Crippen LogP) is 3.95. The largest absolute Gasteiger partial charge is 0.309 e. The Hall–Kier alpha value is -1.78.